The van der Waals surface area contributed by atoms with Gasteiger partial charge in [-0.3, -0.25) is 9.59 Å². The minimum Gasteiger partial charge on any atom is -0.496 e. The Morgan fingerprint density at radius 3 is 2.60 bits per heavy atom. The van der Waals surface area contributed by atoms with Gasteiger partial charge in [0.1, 0.15) is 22.9 Å². The number of esters is 1. The smallest absolute Gasteiger partial charge is 0.347 e. The number of hydrogen-bond donors (Lipinski definition) is 2. The number of methoxy groups -OCH3 is 1. The van der Waals surface area contributed by atoms with E-state index in [1.54, 1.807) is 0 Å². The predicted octanol–water partition coefficient (Wildman–Crippen LogP) is 1.27. The maximum absolute atomic E-state index is 13.3. The van der Waals surface area contributed by atoms with E-state index in [2.05, 4.69) is 5.32 Å². The highest BCUT2D eigenvalue weighted by molar-refractivity contribution is 5.97. The third kappa shape index (κ3) is 4.77. The van der Waals surface area contributed by atoms with Gasteiger partial charge in [-0.2, -0.15) is 0 Å². The van der Waals surface area contributed by atoms with E-state index >= 15 is 0 Å². The summed E-state index contributed by atoms with van der Waals surface area (Å²) in [7, 11) is 1.34. The van der Waals surface area contributed by atoms with Gasteiger partial charge in [0, 0.05) is 5.56 Å². The van der Waals surface area contributed by atoms with Crippen LogP contribution in [0.4, 0.5) is 4.39 Å². The highest BCUT2D eigenvalue weighted by atomic mass is 19.1. The Hall–Kier alpha value is -3.42. The number of primary amides is 1. The fourth-order valence-electron chi connectivity index (χ4n) is 1.97. The van der Waals surface area contributed by atoms with Crippen molar-refractivity contribution < 1.29 is 28.2 Å². The molecule has 0 atom stereocenters. The molecule has 0 spiro atoms. The molecule has 0 radical (unpaired) electrons. The fourth-order valence-corrected chi connectivity index (χ4v) is 1.97. The highest BCUT2D eigenvalue weighted by Gasteiger charge is 2.16. The Morgan fingerprint density at radius 1 is 1.16 bits per heavy atom. The molecule has 0 aliphatic heterocycles. The minimum absolute atomic E-state index is 0.0723. The monoisotopic (exact) mass is 346 g/mol. The molecule has 0 bridgehead atoms. The molecule has 0 aliphatic rings. The summed E-state index contributed by atoms with van der Waals surface area (Å²) in [6, 6.07) is 9.17. The van der Waals surface area contributed by atoms with Crippen LogP contribution in [0.5, 0.6) is 11.5 Å². The van der Waals surface area contributed by atoms with E-state index in [-0.39, 0.29) is 29.2 Å². The third-order valence-electron chi connectivity index (χ3n) is 3.11. The van der Waals surface area contributed by atoms with E-state index in [1.807, 2.05) is 0 Å². The second kappa shape index (κ2) is 7.91. The Balaban J connectivity index is 2.17. The molecular weight excluding hydrogens is 331 g/mol. The summed E-state index contributed by atoms with van der Waals surface area (Å²) in [5.41, 5.74) is 5.03. The van der Waals surface area contributed by atoms with Crippen LogP contribution in [0.2, 0.25) is 0 Å². The van der Waals surface area contributed by atoms with Crippen molar-refractivity contribution in [3.8, 4) is 11.5 Å². The summed E-state index contributed by atoms with van der Waals surface area (Å²) in [6.45, 7) is -0.316. The van der Waals surface area contributed by atoms with Crippen molar-refractivity contribution in [1.29, 1.82) is 0 Å². The largest absolute Gasteiger partial charge is 0.496 e. The molecule has 0 aliphatic carbocycles. The number of carbonyl (C=O) groups excluding carboxylic acids is 3. The van der Waals surface area contributed by atoms with Crippen molar-refractivity contribution in [2.24, 2.45) is 5.73 Å². The second-order valence-corrected chi connectivity index (χ2v) is 4.91. The first kappa shape index (κ1) is 17.9. The normalized spacial score (nSPS) is 10.0. The first-order valence-corrected chi connectivity index (χ1v) is 7.13. The lowest BCUT2D eigenvalue weighted by molar-refractivity contribution is -0.117. The topological polar surface area (TPSA) is 108 Å². The lowest BCUT2D eigenvalue weighted by Gasteiger charge is -2.09. The van der Waals surface area contributed by atoms with Gasteiger partial charge in [0.05, 0.1) is 13.7 Å². The van der Waals surface area contributed by atoms with Crippen molar-refractivity contribution >= 4 is 17.8 Å². The van der Waals surface area contributed by atoms with Crippen molar-refractivity contribution in [3.63, 3.8) is 0 Å². The molecule has 8 heteroatoms. The summed E-state index contributed by atoms with van der Waals surface area (Å²) in [6.07, 6.45) is 0. The number of nitrogens with two attached hydrogens (primary N) is 1. The van der Waals surface area contributed by atoms with Crippen molar-refractivity contribution in [2.45, 2.75) is 0 Å². The molecule has 2 rings (SSSR count). The lowest BCUT2D eigenvalue weighted by Crippen LogP contribution is -2.33. The van der Waals surface area contributed by atoms with E-state index in [1.165, 1.54) is 37.4 Å². The summed E-state index contributed by atoms with van der Waals surface area (Å²) in [4.78, 5) is 34.8. The third-order valence-corrected chi connectivity index (χ3v) is 3.11. The first-order chi connectivity index (χ1) is 11.9. The van der Waals surface area contributed by atoms with Crippen LogP contribution in [0, 0.1) is 5.82 Å². The number of benzene rings is 2. The van der Waals surface area contributed by atoms with E-state index in [0.717, 1.165) is 12.1 Å². The number of hydrogen-bond acceptors (Lipinski definition) is 5. The molecule has 0 saturated carbocycles. The minimum atomic E-state index is -0.842. The van der Waals surface area contributed by atoms with Gasteiger partial charge in [-0.1, -0.05) is 6.07 Å². The van der Waals surface area contributed by atoms with Gasteiger partial charge in [0.2, 0.25) is 5.91 Å². The van der Waals surface area contributed by atoms with Crippen LogP contribution in [-0.4, -0.2) is 31.4 Å². The van der Waals surface area contributed by atoms with Crippen molar-refractivity contribution in [3.05, 3.63) is 59.4 Å². The van der Waals surface area contributed by atoms with Gasteiger partial charge in [-0.15, -0.1) is 0 Å². The molecule has 2 amide bonds. The van der Waals surface area contributed by atoms with Gasteiger partial charge in [0.25, 0.3) is 5.91 Å². The number of rotatable bonds is 6. The van der Waals surface area contributed by atoms with E-state index in [0.29, 0.717) is 0 Å². The Bertz CT molecular complexity index is 822. The molecule has 0 fully saturated rings. The Morgan fingerprint density at radius 2 is 1.92 bits per heavy atom. The van der Waals surface area contributed by atoms with Crippen LogP contribution >= 0.6 is 0 Å². The SMILES string of the molecule is COc1ccc(F)cc1C(=O)Oc1cccc(C(=O)NCC(N)=O)c1. The standard InChI is InChI=1S/C17H15FN2O5/c1-24-14-6-5-11(18)8-13(14)17(23)25-12-4-2-3-10(7-12)16(22)20-9-15(19)21/h2-8H,9H2,1H3,(H2,19,21)(H,20,22). The fraction of sp³-hybridized carbons (Fsp3) is 0.118. The zero-order chi connectivity index (χ0) is 18.4. The first-order valence-electron chi connectivity index (χ1n) is 7.13. The van der Waals surface area contributed by atoms with Gasteiger partial charge in [-0.25, -0.2) is 9.18 Å². The number of ether oxygens (including phenoxy) is 2. The van der Waals surface area contributed by atoms with Crippen LogP contribution in [-0.2, 0) is 4.79 Å². The number of carbonyl (C=O) groups is 3. The molecule has 0 aromatic heterocycles. The van der Waals surface area contributed by atoms with Crippen LogP contribution in [0.1, 0.15) is 20.7 Å². The molecule has 25 heavy (non-hydrogen) atoms. The van der Waals surface area contributed by atoms with Crippen molar-refractivity contribution in [1.82, 2.24) is 5.32 Å². The molecule has 7 nitrogen and oxygen atoms in total. The van der Waals surface area contributed by atoms with E-state index < -0.39 is 23.6 Å². The predicted molar refractivity (Wildman–Crippen MR) is 85.9 cm³/mol. The van der Waals surface area contributed by atoms with Gasteiger partial charge < -0.3 is 20.5 Å². The van der Waals surface area contributed by atoms with E-state index in [4.69, 9.17) is 15.2 Å². The van der Waals surface area contributed by atoms with Gasteiger partial charge >= 0.3 is 5.97 Å². The molecule has 130 valence electrons. The van der Waals surface area contributed by atoms with Crippen molar-refractivity contribution in [2.75, 3.05) is 13.7 Å². The zero-order valence-corrected chi connectivity index (χ0v) is 13.2. The summed E-state index contributed by atoms with van der Waals surface area (Å²) in [5.74, 6) is -2.47. The summed E-state index contributed by atoms with van der Waals surface area (Å²) < 4.78 is 23.5. The Kier molecular flexibility index (Phi) is 5.67. The van der Waals surface area contributed by atoms with E-state index in [9.17, 15) is 18.8 Å². The number of amides is 2. The summed E-state index contributed by atoms with van der Waals surface area (Å²) >= 11 is 0. The average molecular weight is 346 g/mol. The zero-order valence-electron chi connectivity index (χ0n) is 13.2. The quantitative estimate of drug-likeness (QED) is 0.605. The molecular formula is C17H15FN2O5. The highest BCUT2D eigenvalue weighted by Crippen LogP contribution is 2.22. The van der Waals surface area contributed by atoms with Crippen LogP contribution in [0.25, 0.3) is 0 Å². The number of halogens is 1. The van der Waals surface area contributed by atoms with Gasteiger partial charge in [-0.05, 0) is 36.4 Å². The average Bonchev–Trinajstić information content (AvgIpc) is 2.59. The maximum atomic E-state index is 13.3. The lowest BCUT2D eigenvalue weighted by atomic mass is 10.2. The molecule has 2 aromatic rings. The summed E-state index contributed by atoms with van der Waals surface area (Å²) in [5, 5.41) is 2.31. The molecule has 0 saturated heterocycles. The Labute approximate surface area is 142 Å². The molecule has 0 heterocycles. The van der Waals surface area contributed by atoms with Crippen LogP contribution in [0.15, 0.2) is 42.5 Å². The molecule has 3 N–H and O–H groups in total. The second-order valence-electron chi connectivity index (χ2n) is 4.91. The van der Waals surface area contributed by atoms with Crippen LogP contribution < -0.4 is 20.5 Å². The number of nitrogens with one attached hydrogen (secondary N) is 1. The molecule has 0 unspecified atom stereocenters. The van der Waals surface area contributed by atoms with Crippen LogP contribution in [0.3, 0.4) is 0 Å². The van der Waals surface area contributed by atoms with Gasteiger partial charge in [0.15, 0.2) is 0 Å². The maximum Gasteiger partial charge on any atom is 0.347 e. The molecule has 2 aromatic carbocycles.